The first-order chi connectivity index (χ1) is 13.0. The molecular weight excluding hydrogens is 346 g/mol. The first-order valence-electron chi connectivity index (χ1n) is 9.41. The molecule has 1 aromatic carbocycles. The quantitative estimate of drug-likeness (QED) is 0.719. The van der Waals surface area contributed by atoms with E-state index in [1.807, 2.05) is 24.3 Å². The van der Waals surface area contributed by atoms with Gasteiger partial charge in [0, 0.05) is 6.54 Å². The van der Waals surface area contributed by atoms with Gasteiger partial charge in [-0.3, -0.25) is 9.59 Å². The highest BCUT2D eigenvalue weighted by Crippen LogP contribution is 2.71. The van der Waals surface area contributed by atoms with Crippen LogP contribution in [-0.2, 0) is 16.0 Å². The maximum atomic E-state index is 12.8. The van der Waals surface area contributed by atoms with Crippen molar-refractivity contribution in [3.8, 4) is 11.5 Å². The van der Waals surface area contributed by atoms with E-state index in [2.05, 4.69) is 11.4 Å². The highest BCUT2D eigenvalue weighted by atomic mass is 16.5. The fraction of sp³-hybridized carbons (Fsp3) is 0.524. The highest BCUT2D eigenvalue weighted by Gasteiger charge is 2.69. The minimum atomic E-state index is -0.849. The summed E-state index contributed by atoms with van der Waals surface area (Å²) >= 11 is 0. The summed E-state index contributed by atoms with van der Waals surface area (Å²) in [5.74, 6) is -0.622. The Hall–Kier alpha value is -2.50. The van der Waals surface area contributed by atoms with Gasteiger partial charge >= 0.3 is 5.97 Å². The van der Waals surface area contributed by atoms with E-state index in [1.165, 1.54) is 0 Å². The molecule has 4 atom stereocenters. The average molecular weight is 371 g/mol. The molecule has 3 aliphatic carbocycles. The number of hydrogen-bond donors (Lipinski definition) is 2. The number of carboxylic acid groups (broad SMARTS) is 1. The van der Waals surface area contributed by atoms with Crippen LogP contribution < -0.4 is 14.8 Å². The van der Waals surface area contributed by atoms with Gasteiger partial charge in [-0.05, 0) is 54.2 Å². The molecule has 2 N–H and O–H groups in total. The molecule has 27 heavy (non-hydrogen) atoms. The van der Waals surface area contributed by atoms with Gasteiger partial charge in [-0.25, -0.2) is 0 Å². The predicted molar refractivity (Wildman–Crippen MR) is 98.7 cm³/mol. The molecule has 4 rings (SSSR count). The molecule has 2 bridgehead atoms. The van der Waals surface area contributed by atoms with Crippen molar-refractivity contribution in [2.75, 3.05) is 20.8 Å². The molecule has 1 aromatic rings. The lowest BCUT2D eigenvalue weighted by Crippen LogP contribution is -2.40. The second-order valence-electron chi connectivity index (χ2n) is 7.79. The van der Waals surface area contributed by atoms with Gasteiger partial charge in [0.1, 0.15) is 0 Å². The maximum absolute atomic E-state index is 12.8. The van der Waals surface area contributed by atoms with Crippen molar-refractivity contribution in [3.05, 3.63) is 35.9 Å². The molecule has 0 unspecified atom stereocenters. The Labute approximate surface area is 158 Å². The Morgan fingerprint density at radius 3 is 2.37 bits per heavy atom. The van der Waals surface area contributed by atoms with E-state index in [-0.39, 0.29) is 23.2 Å². The number of methoxy groups -OCH3 is 2. The summed E-state index contributed by atoms with van der Waals surface area (Å²) < 4.78 is 10.5. The normalized spacial score (nSPS) is 29.0. The van der Waals surface area contributed by atoms with Gasteiger partial charge in [-0.2, -0.15) is 0 Å². The SMILES string of the molecule is COc1ccc(CCNC(=O)[C@H]2[C@H](C(=O)O)[C@H]3C=C[C@H]2C32CC2)cc1OC. The van der Waals surface area contributed by atoms with Crippen LogP contribution in [0.15, 0.2) is 30.4 Å². The Bertz CT molecular complexity index is 798. The average Bonchev–Trinajstić information content (AvgIpc) is 3.33. The number of rotatable bonds is 7. The molecular formula is C21H25NO5. The minimum absolute atomic E-state index is 0.0154. The molecule has 1 spiro atoms. The van der Waals surface area contributed by atoms with Gasteiger partial charge < -0.3 is 19.9 Å². The smallest absolute Gasteiger partial charge is 0.307 e. The van der Waals surface area contributed by atoms with Gasteiger partial charge in [-0.1, -0.05) is 18.2 Å². The van der Waals surface area contributed by atoms with Gasteiger partial charge in [0.25, 0.3) is 0 Å². The third-order valence-corrected chi connectivity index (χ3v) is 6.59. The van der Waals surface area contributed by atoms with E-state index in [4.69, 9.17) is 9.47 Å². The number of amides is 1. The van der Waals surface area contributed by atoms with Gasteiger partial charge in [0.15, 0.2) is 11.5 Å². The molecule has 3 aliphatic rings. The van der Waals surface area contributed by atoms with Gasteiger partial charge in [0.2, 0.25) is 5.91 Å². The van der Waals surface area contributed by atoms with Crippen LogP contribution in [-0.4, -0.2) is 37.7 Å². The van der Waals surface area contributed by atoms with Gasteiger partial charge in [0.05, 0.1) is 26.1 Å². The van der Waals surface area contributed by atoms with Crippen molar-refractivity contribution < 1.29 is 24.2 Å². The molecule has 1 amide bonds. The van der Waals surface area contributed by atoms with Crippen LogP contribution in [0.3, 0.4) is 0 Å². The molecule has 0 radical (unpaired) electrons. The molecule has 0 heterocycles. The lowest BCUT2D eigenvalue weighted by molar-refractivity contribution is -0.147. The zero-order valence-corrected chi connectivity index (χ0v) is 15.6. The summed E-state index contributed by atoms with van der Waals surface area (Å²) in [6, 6.07) is 5.67. The number of hydrogen-bond acceptors (Lipinski definition) is 4. The van der Waals surface area contributed by atoms with Crippen LogP contribution in [0.1, 0.15) is 18.4 Å². The van der Waals surface area contributed by atoms with Crippen molar-refractivity contribution in [2.45, 2.75) is 19.3 Å². The minimum Gasteiger partial charge on any atom is -0.493 e. The molecule has 2 fully saturated rings. The van der Waals surface area contributed by atoms with Gasteiger partial charge in [-0.15, -0.1) is 0 Å². The first kappa shape index (κ1) is 17.9. The lowest BCUT2D eigenvalue weighted by atomic mass is 9.82. The molecule has 0 saturated heterocycles. The summed E-state index contributed by atoms with van der Waals surface area (Å²) in [4.78, 5) is 24.6. The van der Waals surface area contributed by atoms with E-state index in [1.54, 1.807) is 14.2 Å². The fourth-order valence-corrected chi connectivity index (χ4v) is 5.17. The zero-order valence-electron chi connectivity index (χ0n) is 15.6. The Morgan fingerprint density at radius 1 is 1.11 bits per heavy atom. The van der Waals surface area contributed by atoms with Crippen LogP contribution in [0.5, 0.6) is 11.5 Å². The summed E-state index contributed by atoms with van der Waals surface area (Å²) in [5, 5.41) is 12.7. The number of ether oxygens (including phenoxy) is 2. The maximum Gasteiger partial charge on any atom is 0.307 e. The number of allylic oxidation sites excluding steroid dienone is 2. The van der Waals surface area contributed by atoms with Crippen molar-refractivity contribution in [1.82, 2.24) is 5.32 Å². The van der Waals surface area contributed by atoms with Crippen molar-refractivity contribution in [2.24, 2.45) is 29.1 Å². The van der Waals surface area contributed by atoms with E-state index < -0.39 is 17.8 Å². The zero-order chi connectivity index (χ0) is 19.2. The topological polar surface area (TPSA) is 84.9 Å². The van der Waals surface area contributed by atoms with Crippen LogP contribution in [0.25, 0.3) is 0 Å². The number of carboxylic acids is 1. The number of benzene rings is 1. The lowest BCUT2D eigenvalue weighted by Gasteiger charge is -2.23. The molecule has 6 heteroatoms. The predicted octanol–water partition coefficient (Wildman–Crippen LogP) is 2.28. The van der Waals surface area contributed by atoms with Crippen LogP contribution in [0, 0.1) is 29.1 Å². The molecule has 144 valence electrons. The summed E-state index contributed by atoms with van der Waals surface area (Å²) in [6.07, 6.45) is 6.83. The van der Waals surface area contributed by atoms with Crippen LogP contribution in [0.2, 0.25) is 0 Å². The van der Waals surface area contributed by atoms with E-state index in [0.29, 0.717) is 24.5 Å². The molecule has 0 aromatic heterocycles. The Kier molecular flexibility index (Phi) is 4.36. The summed E-state index contributed by atoms with van der Waals surface area (Å²) in [7, 11) is 3.18. The molecule has 0 aliphatic heterocycles. The standard InChI is InChI=1S/C21H25NO5/c1-26-15-6-3-12(11-16(15)27-2)7-10-22-19(23)17-13-4-5-14(18(17)20(24)25)21(13)8-9-21/h3-6,11,13-14,17-18H,7-10H2,1-2H3,(H,22,23)(H,24,25)/t13-,14-,17-,18-/m1/s1. The van der Waals surface area contributed by atoms with Crippen LogP contribution in [0.4, 0.5) is 0 Å². The Morgan fingerprint density at radius 2 is 1.78 bits per heavy atom. The number of carbonyl (C=O) groups is 2. The van der Waals surface area contributed by atoms with E-state index >= 15 is 0 Å². The van der Waals surface area contributed by atoms with Crippen LogP contribution >= 0.6 is 0 Å². The molecule has 6 nitrogen and oxygen atoms in total. The summed E-state index contributed by atoms with van der Waals surface area (Å²) in [5.41, 5.74) is 1.07. The molecule has 2 saturated carbocycles. The fourth-order valence-electron chi connectivity index (χ4n) is 5.17. The first-order valence-corrected chi connectivity index (χ1v) is 9.41. The van der Waals surface area contributed by atoms with E-state index in [9.17, 15) is 14.7 Å². The largest absolute Gasteiger partial charge is 0.493 e. The second kappa shape index (κ2) is 6.59. The van der Waals surface area contributed by atoms with Crippen molar-refractivity contribution in [1.29, 1.82) is 0 Å². The Balaban J connectivity index is 1.40. The highest BCUT2D eigenvalue weighted by molar-refractivity contribution is 5.87. The van der Waals surface area contributed by atoms with E-state index in [0.717, 1.165) is 18.4 Å². The third-order valence-electron chi connectivity index (χ3n) is 6.59. The third kappa shape index (κ3) is 2.78. The number of aliphatic carboxylic acids is 1. The van der Waals surface area contributed by atoms with Crippen molar-refractivity contribution in [3.63, 3.8) is 0 Å². The number of carbonyl (C=O) groups excluding carboxylic acids is 1. The second-order valence-corrected chi connectivity index (χ2v) is 7.79. The number of nitrogens with one attached hydrogen (secondary N) is 1. The van der Waals surface area contributed by atoms with Crippen molar-refractivity contribution >= 4 is 11.9 Å². The summed E-state index contributed by atoms with van der Waals surface area (Å²) in [6.45, 7) is 0.464. The monoisotopic (exact) mass is 371 g/mol.